The maximum absolute atomic E-state index is 13.0. The van der Waals surface area contributed by atoms with Crippen molar-refractivity contribution in [2.75, 3.05) is 13.2 Å². The summed E-state index contributed by atoms with van der Waals surface area (Å²) in [4.78, 5) is 0. The van der Waals surface area contributed by atoms with E-state index in [0.717, 1.165) is 29.5 Å². The molecule has 0 radical (unpaired) electrons. The van der Waals surface area contributed by atoms with Crippen LogP contribution in [-0.2, 0) is 11.2 Å². The van der Waals surface area contributed by atoms with Gasteiger partial charge in [-0.3, -0.25) is 0 Å². The fraction of sp³-hybridized carbons (Fsp3) is 0.538. The lowest BCUT2D eigenvalue weighted by Gasteiger charge is -2.31. The van der Waals surface area contributed by atoms with E-state index in [1.807, 2.05) is 6.07 Å². The predicted molar refractivity (Wildman–Crippen MR) is 69.3 cm³/mol. The Morgan fingerprint density at radius 2 is 2.35 bits per heavy atom. The summed E-state index contributed by atoms with van der Waals surface area (Å²) in [5, 5.41) is 0. The first-order chi connectivity index (χ1) is 8.07. The smallest absolute Gasteiger partial charge is 0.124 e. The average molecular weight is 302 g/mol. The summed E-state index contributed by atoms with van der Waals surface area (Å²) >= 11 is 3.41. The molecule has 0 amide bonds. The summed E-state index contributed by atoms with van der Waals surface area (Å²) < 4.78 is 19.5. The zero-order valence-corrected chi connectivity index (χ0v) is 11.5. The van der Waals surface area contributed by atoms with Crippen molar-refractivity contribution in [3.8, 4) is 0 Å². The molecule has 4 heteroatoms. The molecule has 2 atom stereocenters. The Kier molecular flexibility index (Phi) is 3.85. The minimum atomic E-state index is -0.224. The van der Waals surface area contributed by atoms with Crippen molar-refractivity contribution in [3.05, 3.63) is 34.1 Å². The van der Waals surface area contributed by atoms with Crippen LogP contribution in [0.15, 0.2) is 22.7 Å². The van der Waals surface area contributed by atoms with Gasteiger partial charge in [0.2, 0.25) is 0 Å². The number of ether oxygens (including phenoxy) is 1. The molecule has 0 bridgehead atoms. The van der Waals surface area contributed by atoms with Crippen LogP contribution >= 0.6 is 15.9 Å². The Bertz CT molecular complexity index is 412. The zero-order chi connectivity index (χ0) is 12.5. The number of hydrogen-bond donors (Lipinski definition) is 1. The highest BCUT2D eigenvalue weighted by molar-refractivity contribution is 9.10. The average Bonchev–Trinajstić information content (AvgIpc) is 2.65. The van der Waals surface area contributed by atoms with E-state index >= 15 is 0 Å². The monoisotopic (exact) mass is 301 g/mol. The lowest BCUT2D eigenvalue weighted by atomic mass is 9.76. The molecule has 0 spiro atoms. The fourth-order valence-corrected chi connectivity index (χ4v) is 2.93. The second-order valence-corrected chi connectivity index (χ2v) is 5.60. The molecule has 2 N–H and O–H groups in total. The fourth-order valence-electron chi connectivity index (χ4n) is 2.44. The maximum atomic E-state index is 13.0. The summed E-state index contributed by atoms with van der Waals surface area (Å²) in [7, 11) is 0. The van der Waals surface area contributed by atoms with Gasteiger partial charge < -0.3 is 10.5 Å². The van der Waals surface area contributed by atoms with Crippen LogP contribution in [0, 0.1) is 11.2 Å². The first kappa shape index (κ1) is 13.0. The number of rotatable bonds is 3. The van der Waals surface area contributed by atoms with Crippen molar-refractivity contribution in [1.82, 2.24) is 0 Å². The van der Waals surface area contributed by atoms with Crippen LogP contribution in [0.4, 0.5) is 4.39 Å². The highest BCUT2D eigenvalue weighted by Gasteiger charge is 2.40. The SMILES string of the molecule is CC1OCCC1(CN)Cc1ccc(F)cc1Br. The Hall–Kier alpha value is -0.450. The molecule has 0 aromatic heterocycles. The van der Waals surface area contributed by atoms with E-state index in [0.29, 0.717) is 6.54 Å². The van der Waals surface area contributed by atoms with E-state index < -0.39 is 0 Å². The van der Waals surface area contributed by atoms with Gasteiger partial charge in [-0.15, -0.1) is 0 Å². The van der Waals surface area contributed by atoms with Crippen molar-refractivity contribution in [3.63, 3.8) is 0 Å². The van der Waals surface area contributed by atoms with Crippen molar-refractivity contribution >= 4 is 15.9 Å². The van der Waals surface area contributed by atoms with Gasteiger partial charge in [0.1, 0.15) is 5.82 Å². The van der Waals surface area contributed by atoms with Crippen LogP contribution in [0.2, 0.25) is 0 Å². The quantitative estimate of drug-likeness (QED) is 0.932. The summed E-state index contributed by atoms with van der Waals surface area (Å²) in [6, 6.07) is 4.81. The molecule has 17 heavy (non-hydrogen) atoms. The van der Waals surface area contributed by atoms with E-state index in [2.05, 4.69) is 22.9 Å². The van der Waals surface area contributed by atoms with Gasteiger partial charge in [0, 0.05) is 23.0 Å². The van der Waals surface area contributed by atoms with Crippen LogP contribution in [0.25, 0.3) is 0 Å². The molecule has 1 heterocycles. The van der Waals surface area contributed by atoms with E-state index in [-0.39, 0.29) is 17.3 Å². The summed E-state index contributed by atoms with van der Waals surface area (Å²) in [6.45, 7) is 3.42. The number of nitrogens with two attached hydrogens (primary N) is 1. The highest BCUT2D eigenvalue weighted by Crippen LogP contribution is 2.38. The Balaban J connectivity index is 2.24. The zero-order valence-electron chi connectivity index (χ0n) is 9.88. The van der Waals surface area contributed by atoms with Crippen molar-refractivity contribution in [2.45, 2.75) is 25.9 Å². The van der Waals surface area contributed by atoms with E-state index in [4.69, 9.17) is 10.5 Å². The van der Waals surface area contributed by atoms with E-state index in [1.165, 1.54) is 12.1 Å². The molecule has 1 fully saturated rings. The summed E-state index contributed by atoms with van der Waals surface area (Å²) in [5.41, 5.74) is 7.00. The van der Waals surface area contributed by atoms with Crippen molar-refractivity contribution in [1.29, 1.82) is 0 Å². The van der Waals surface area contributed by atoms with Crippen LogP contribution in [-0.4, -0.2) is 19.3 Å². The molecule has 2 unspecified atom stereocenters. The topological polar surface area (TPSA) is 35.2 Å². The van der Waals surface area contributed by atoms with Gasteiger partial charge >= 0.3 is 0 Å². The van der Waals surface area contributed by atoms with Crippen LogP contribution < -0.4 is 5.73 Å². The predicted octanol–water partition coefficient (Wildman–Crippen LogP) is 2.88. The lowest BCUT2D eigenvalue weighted by molar-refractivity contribution is 0.0673. The third-order valence-corrected chi connectivity index (χ3v) is 4.53. The van der Waals surface area contributed by atoms with Gasteiger partial charge in [0.05, 0.1) is 6.10 Å². The number of halogens is 2. The van der Waals surface area contributed by atoms with Gasteiger partial charge in [-0.1, -0.05) is 22.0 Å². The van der Waals surface area contributed by atoms with Crippen LogP contribution in [0.5, 0.6) is 0 Å². The summed E-state index contributed by atoms with van der Waals surface area (Å²) in [6.07, 6.45) is 1.95. The molecular formula is C13H17BrFNO. The Morgan fingerprint density at radius 1 is 1.59 bits per heavy atom. The second-order valence-electron chi connectivity index (χ2n) is 4.74. The molecule has 1 aliphatic heterocycles. The third kappa shape index (κ3) is 2.54. The highest BCUT2D eigenvalue weighted by atomic mass is 79.9. The summed E-state index contributed by atoms with van der Waals surface area (Å²) in [5.74, 6) is -0.224. The Labute approximate surface area is 109 Å². The molecule has 2 nitrogen and oxygen atoms in total. The van der Waals surface area contributed by atoms with Crippen LogP contribution in [0.3, 0.4) is 0 Å². The molecule has 2 rings (SSSR count). The normalized spacial score (nSPS) is 28.6. The molecule has 0 saturated carbocycles. The minimum Gasteiger partial charge on any atom is -0.378 e. The van der Waals surface area contributed by atoms with Gasteiger partial charge in [-0.2, -0.15) is 0 Å². The first-order valence-electron chi connectivity index (χ1n) is 5.83. The largest absolute Gasteiger partial charge is 0.378 e. The first-order valence-corrected chi connectivity index (χ1v) is 6.62. The minimum absolute atomic E-state index is 0.0135. The van der Waals surface area contributed by atoms with Gasteiger partial charge in [-0.25, -0.2) is 4.39 Å². The molecular weight excluding hydrogens is 285 g/mol. The van der Waals surface area contributed by atoms with Gasteiger partial charge in [-0.05, 0) is 37.5 Å². The van der Waals surface area contributed by atoms with Crippen molar-refractivity contribution in [2.24, 2.45) is 11.1 Å². The van der Waals surface area contributed by atoms with Crippen molar-refractivity contribution < 1.29 is 9.13 Å². The maximum Gasteiger partial charge on any atom is 0.124 e. The molecule has 1 aromatic carbocycles. The molecule has 1 aliphatic rings. The third-order valence-electron chi connectivity index (χ3n) is 3.79. The van der Waals surface area contributed by atoms with Gasteiger partial charge in [0.25, 0.3) is 0 Å². The number of benzene rings is 1. The molecule has 0 aliphatic carbocycles. The number of hydrogen-bond acceptors (Lipinski definition) is 2. The molecule has 1 saturated heterocycles. The standard InChI is InChI=1S/C13H17BrFNO/c1-9-13(8-16,4-5-17-9)7-10-2-3-11(15)6-12(10)14/h2-3,6,9H,4-5,7-8,16H2,1H3. The van der Waals surface area contributed by atoms with Gasteiger partial charge in [0.15, 0.2) is 0 Å². The lowest BCUT2D eigenvalue weighted by Crippen LogP contribution is -2.38. The van der Waals surface area contributed by atoms with E-state index in [9.17, 15) is 4.39 Å². The molecule has 1 aromatic rings. The second kappa shape index (κ2) is 5.04. The van der Waals surface area contributed by atoms with Crippen LogP contribution in [0.1, 0.15) is 18.9 Å². The Morgan fingerprint density at radius 3 is 2.88 bits per heavy atom. The molecule has 94 valence electrons. The van der Waals surface area contributed by atoms with E-state index in [1.54, 1.807) is 0 Å².